The van der Waals surface area contributed by atoms with Crippen LogP contribution in [0.25, 0.3) is 0 Å². The Bertz CT molecular complexity index is 632. The van der Waals surface area contributed by atoms with Crippen molar-refractivity contribution in [3.63, 3.8) is 0 Å². The summed E-state index contributed by atoms with van der Waals surface area (Å²) in [6.07, 6.45) is 1.66. The minimum atomic E-state index is -4.14. The standard InChI is InChI=1S/C14H18FNO4S/c1-2-10-7-8-16(12(9-10)14(17)18)21(19,20)13-6-4-3-5-11(13)15/h3-6,10,12H,2,7-9H2,1H3,(H,17,18). The monoisotopic (exact) mass is 315 g/mol. The fraction of sp³-hybridized carbons (Fsp3) is 0.500. The van der Waals surface area contributed by atoms with Crippen LogP contribution in [0.15, 0.2) is 29.2 Å². The lowest BCUT2D eigenvalue weighted by Gasteiger charge is -2.35. The Morgan fingerprint density at radius 2 is 2.10 bits per heavy atom. The third-order valence-electron chi connectivity index (χ3n) is 3.95. The molecule has 7 heteroatoms. The van der Waals surface area contributed by atoms with Crippen molar-refractivity contribution >= 4 is 16.0 Å². The minimum Gasteiger partial charge on any atom is -0.480 e. The van der Waals surface area contributed by atoms with Gasteiger partial charge in [0, 0.05) is 6.54 Å². The van der Waals surface area contributed by atoms with E-state index in [1.807, 2.05) is 6.92 Å². The topological polar surface area (TPSA) is 74.7 Å². The number of hydrogen-bond acceptors (Lipinski definition) is 3. The number of halogens is 1. The van der Waals surface area contributed by atoms with E-state index in [2.05, 4.69) is 0 Å². The van der Waals surface area contributed by atoms with Gasteiger partial charge in [0.1, 0.15) is 16.8 Å². The molecule has 1 saturated heterocycles. The zero-order chi connectivity index (χ0) is 15.6. The molecule has 1 heterocycles. The molecule has 1 aliphatic heterocycles. The number of carboxylic acids is 1. The highest BCUT2D eigenvalue weighted by atomic mass is 32.2. The zero-order valence-electron chi connectivity index (χ0n) is 11.7. The molecule has 0 spiro atoms. The summed E-state index contributed by atoms with van der Waals surface area (Å²) in [4.78, 5) is 10.9. The number of carbonyl (C=O) groups is 1. The number of sulfonamides is 1. The largest absolute Gasteiger partial charge is 0.480 e. The summed E-state index contributed by atoms with van der Waals surface area (Å²) in [6.45, 7) is 2.05. The first-order chi connectivity index (χ1) is 9.87. The van der Waals surface area contributed by atoms with Gasteiger partial charge in [0.05, 0.1) is 0 Å². The second kappa shape index (κ2) is 6.11. The van der Waals surface area contributed by atoms with Crippen molar-refractivity contribution in [2.45, 2.75) is 37.1 Å². The third-order valence-corrected chi connectivity index (χ3v) is 5.89. The molecular weight excluding hydrogens is 297 g/mol. The van der Waals surface area contributed by atoms with Gasteiger partial charge in [-0.05, 0) is 30.9 Å². The molecule has 1 aromatic rings. The smallest absolute Gasteiger partial charge is 0.322 e. The van der Waals surface area contributed by atoms with Crippen LogP contribution in [-0.4, -0.2) is 36.4 Å². The molecule has 2 atom stereocenters. The molecule has 116 valence electrons. The Hall–Kier alpha value is -1.47. The first-order valence-corrected chi connectivity index (χ1v) is 8.31. The van der Waals surface area contributed by atoms with Crippen molar-refractivity contribution in [3.05, 3.63) is 30.1 Å². The summed E-state index contributed by atoms with van der Waals surface area (Å²) in [7, 11) is -4.14. The molecule has 0 aliphatic carbocycles. The zero-order valence-corrected chi connectivity index (χ0v) is 12.5. The number of nitrogens with zero attached hydrogens (tertiary/aromatic N) is 1. The van der Waals surface area contributed by atoms with Crippen LogP contribution in [0.1, 0.15) is 26.2 Å². The van der Waals surface area contributed by atoms with Crippen molar-refractivity contribution in [3.8, 4) is 0 Å². The molecule has 1 aliphatic rings. The quantitative estimate of drug-likeness (QED) is 0.923. The number of hydrogen-bond donors (Lipinski definition) is 1. The van der Waals surface area contributed by atoms with Crippen LogP contribution >= 0.6 is 0 Å². The molecule has 5 nitrogen and oxygen atoms in total. The molecule has 2 rings (SSSR count). The van der Waals surface area contributed by atoms with Crippen molar-refractivity contribution in [1.82, 2.24) is 4.31 Å². The van der Waals surface area contributed by atoms with E-state index in [9.17, 15) is 22.7 Å². The van der Waals surface area contributed by atoms with Crippen LogP contribution in [0.3, 0.4) is 0 Å². The summed E-state index contributed by atoms with van der Waals surface area (Å²) >= 11 is 0. The molecule has 0 aromatic heterocycles. The average Bonchev–Trinajstić information content (AvgIpc) is 2.46. The lowest BCUT2D eigenvalue weighted by Crippen LogP contribution is -2.50. The summed E-state index contributed by atoms with van der Waals surface area (Å²) in [5, 5.41) is 9.30. The van der Waals surface area contributed by atoms with Gasteiger partial charge in [-0.3, -0.25) is 4.79 Å². The highest BCUT2D eigenvalue weighted by Gasteiger charge is 2.41. The highest BCUT2D eigenvalue weighted by Crippen LogP contribution is 2.31. The van der Waals surface area contributed by atoms with Crippen LogP contribution in [0.5, 0.6) is 0 Å². The van der Waals surface area contributed by atoms with Gasteiger partial charge >= 0.3 is 5.97 Å². The van der Waals surface area contributed by atoms with E-state index in [0.717, 1.165) is 22.9 Å². The van der Waals surface area contributed by atoms with Gasteiger partial charge < -0.3 is 5.11 Å². The van der Waals surface area contributed by atoms with Crippen LogP contribution in [0.4, 0.5) is 4.39 Å². The van der Waals surface area contributed by atoms with Crippen LogP contribution < -0.4 is 0 Å². The second-order valence-corrected chi connectivity index (χ2v) is 7.06. The van der Waals surface area contributed by atoms with Crippen LogP contribution in [-0.2, 0) is 14.8 Å². The molecule has 0 amide bonds. The Balaban J connectivity index is 2.39. The molecule has 1 aromatic carbocycles. The van der Waals surface area contributed by atoms with E-state index in [4.69, 9.17) is 0 Å². The number of carboxylic acid groups (broad SMARTS) is 1. The maximum Gasteiger partial charge on any atom is 0.322 e. The SMILES string of the molecule is CCC1CCN(S(=O)(=O)c2ccccc2F)C(C(=O)O)C1. The van der Waals surface area contributed by atoms with Crippen molar-refractivity contribution in [2.75, 3.05) is 6.54 Å². The highest BCUT2D eigenvalue weighted by molar-refractivity contribution is 7.89. The Labute approximate surface area is 123 Å². The van der Waals surface area contributed by atoms with Crippen LogP contribution in [0, 0.1) is 11.7 Å². The molecule has 0 radical (unpaired) electrons. The van der Waals surface area contributed by atoms with Gasteiger partial charge in [0.25, 0.3) is 0 Å². The second-order valence-electron chi connectivity index (χ2n) is 5.20. The fourth-order valence-corrected chi connectivity index (χ4v) is 4.35. The maximum atomic E-state index is 13.8. The Morgan fingerprint density at radius 1 is 1.43 bits per heavy atom. The molecular formula is C14H18FNO4S. The lowest BCUT2D eigenvalue weighted by atomic mass is 9.90. The van der Waals surface area contributed by atoms with Crippen molar-refractivity contribution in [2.24, 2.45) is 5.92 Å². The van der Waals surface area contributed by atoms with E-state index < -0.39 is 32.7 Å². The first-order valence-electron chi connectivity index (χ1n) is 6.87. The van der Waals surface area contributed by atoms with E-state index in [-0.39, 0.29) is 18.9 Å². The minimum absolute atomic E-state index is 0.103. The van der Waals surface area contributed by atoms with E-state index >= 15 is 0 Å². The molecule has 21 heavy (non-hydrogen) atoms. The van der Waals surface area contributed by atoms with Gasteiger partial charge in [0.2, 0.25) is 10.0 Å². The van der Waals surface area contributed by atoms with Gasteiger partial charge in [-0.1, -0.05) is 25.5 Å². The Morgan fingerprint density at radius 3 is 2.67 bits per heavy atom. The third kappa shape index (κ3) is 3.08. The number of piperidine rings is 1. The number of rotatable bonds is 4. The van der Waals surface area contributed by atoms with E-state index in [1.165, 1.54) is 12.1 Å². The molecule has 0 saturated carbocycles. The fourth-order valence-electron chi connectivity index (χ4n) is 2.68. The molecule has 1 fully saturated rings. The summed E-state index contributed by atoms with van der Waals surface area (Å²) in [6, 6.07) is 3.90. The molecule has 2 unspecified atom stereocenters. The molecule has 0 bridgehead atoms. The van der Waals surface area contributed by atoms with Gasteiger partial charge in [0.15, 0.2) is 0 Å². The van der Waals surface area contributed by atoms with Gasteiger partial charge in [-0.25, -0.2) is 12.8 Å². The molecule has 1 N–H and O–H groups in total. The summed E-state index contributed by atoms with van der Waals surface area (Å²) in [5.74, 6) is -1.87. The van der Waals surface area contributed by atoms with Gasteiger partial charge in [-0.15, -0.1) is 0 Å². The number of aliphatic carboxylic acids is 1. The van der Waals surface area contributed by atoms with Crippen molar-refractivity contribution in [1.29, 1.82) is 0 Å². The van der Waals surface area contributed by atoms with Crippen LogP contribution in [0.2, 0.25) is 0 Å². The summed E-state index contributed by atoms with van der Waals surface area (Å²) < 4.78 is 39.8. The van der Waals surface area contributed by atoms with E-state index in [1.54, 1.807) is 0 Å². The van der Waals surface area contributed by atoms with E-state index in [0.29, 0.717) is 6.42 Å². The Kier molecular flexibility index (Phi) is 4.63. The summed E-state index contributed by atoms with van der Waals surface area (Å²) in [5.41, 5.74) is 0. The maximum absolute atomic E-state index is 13.8. The predicted octanol–water partition coefficient (Wildman–Crippen LogP) is 2.09. The number of benzene rings is 1. The predicted molar refractivity (Wildman–Crippen MR) is 74.7 cm³/mol. The normalized spacial score (nSPS) is 23.9. The van der Waals surface area contributed by atoms with Crippen molar-refractivity contribution < 1.29 is 22.7 Å². The average molecular weight is 315 g/mol. The van der Waals surface area contributed by atoms with Gasteiger partial charge in [-0.2, -0.15) is 4.31 Å². The first kappa shape index (κ1) is 15.9. The lowest BCUT2D eigenvalue weighted by molar-refractivity contribution is -0.143.